The number of hydrogen-bond donors (Lipinski definition) is 2. The monoisotopic (exact) mass is 370 g/mol. The van der Waals surface area contributed by atoms with Crippen LogP contribution in [0.5, 0.6) is 0 Å². The lowest BCUT2D eigenvalue weighted by atomic mass is 9.50. The van der Waals surface area contributed by atoms with Crippen molar-refractivity contribution < 1.29 is 9.59 Å². The summed E-state index contributed by atoms with van der Waals surface area (Å²) >= 11 is 0. The first-order valence-electron chi connectivity index (χ1n) is 10.6. The molecule has 148 valence electrons. The van der Waals surface area contributed by atoms with Gasteiger partial charge in [-0.25, -0.2) is 0 Å². The number of fused-ring (bicyclic) bond motifs is 5. The fourth-order valence-corrected chi connectivity index (χ4v) is 6.53. The maximum absolute atomic E-state index is 12.8. The number of allylic oxidation sites excluding steroid dienone is 2. The molecule has 3 aliphatic carbocycles. The van der Waals surface area contributed by atoms with E-state index in [0.717, 1.165) is 18.0 Å². The van der Waals surface area contributed by atoms with Gasteiger partial charge in [0.05, 0.1) is 0 Å². The van der Waals surface area contributed by atoms with Gasteiger partial charge in [0, 0.05) is 16.7 Å². The molecule has 4 rings (SSSR count). The van der Waals surface area contributed by atoms with E-state index in [9.17, 15) is 9.59 Å². The Kier molecular flexibility index (Phi) is 4.14. The van der Waals surface area contributed by atoms with E-state index < -0.39 is 0 Å². The Morgan fingerprint density at radius 3 is 2.63 bits per heavy atom. The molecular weight excluding hydrogens is 336 g/mol. The molecule has 0 aromatic heterocycles. The predicted octanol–water partition coefficient (Wildman–Crippen LogP) is 4.08. The number of carbonyl (C=O) groups is 2. The predicted molar refractivity (Wildman–Crippen MR) is 107 cm³/mol. The number of amides is 2. The Morgan fingerprint density at radius 2 is 1.93 bits per heavy atom. The molecule has 2 fully saturated rings. The van der Waals surface area contributed by atoms with E-state index in [1.54, 1.807) is 0 Å². The lowest BCUT2D eigenvalue weighted by molar-refractivity contribution is -0.125. The average Bonchev–Trinajstić information content (AvgIpc) is 2.95. The van der Waals surface area contributed by atoms with Crippen LogP contribution in [0.3, 0.4) is 0 Å². The molecule has 2 saturated carbocycles. The highest BCUT2D eigenvalue weighted by molar-refractivity contribution is 6.19. The normalized spacial score (nSPS) is 40.8. The SMILES string of the molecule is CC(C)(C)NC(=O)C1=C[C@@]2(C)C(=CC[C@H]3[C@@H]4CCC[C@@]4(C)CC[C@@H]32)NC1=O. The summed E-state index contributed by atoms with van der Waals surface area (Å²) in [4.78, 5) is 25.4. The highest BCUT2D eigenvalue weighted by Crippen LogP contribution is 2.63. The van der Waals surface area contributed by atoms with E-state index in [1.165, 1.54) is 32.1 Å². The van der Waals surface area contributed by atoms with Gasteiger partial charge in [0.25, 0.3) is 11.8 Å². The smallest absolute Gasteiger partial charge is 0.260 e. The molecule has 4 heteroatoms. The van der Waals surface area contributed by atoms with Gasteiger partial charge in [-0.3, -0.25) is 9.59 Å². The van der Waals surface area contributed by atoms with E-state index in [4.69, 9.17) is 0 Å². The molecular formula is C23H34N2O2. The number of carbonyl (C=O) groups excluding carboxylic acids is 2. The molecule has 2 N–H and O–H groups in total. The molecule has 0 aromatic carbocycles. The standard InChI is InChI=1S/C23H34N2O2/c1-21(2,3)25-20(27)15-13-23(5)17-10-12-22(4)11-6-7-16(22)14(17)8-9-18(23)24-19(15)26/h9,13-14,16-17H,6-8,10-12H2,1-5H3,(H,24,26)(H,25,27)/t14-,16-,17-,22-,23+/m0/s1. The van der Waals surface area contributed by atoms with Gasteiger partial charge in [-0.15, -0.1) is 0 Å². The van der Waals surface area contributed by atoms with Gasteiger partial charge in [0.1, 0.15) is 5.57 Å². The molecule has 4 aliphatic rings. The Morgan fingerprint density at radius 1 is 1.19 bits per heavy atom. The second-order valence-corrected chi connectivity index (χ2v) is 10.8. The molecule has 2 amide bonds. The minimum Gasteiger partial charge on any atom is -0.347 e. The van der Waals surface area contributed by atoms with Crippen molar-refractivity contribution in [1.82, 2.24) is 10.6 Å². The van der Waals surface area contributed by atoms with E-state index in [2.05, 4.69) is 30.6 Å². The van der Waals surface area contributed by atoms with Crippen molar-refractivity contribution in [3.8, 4) is 0 Å². The molecule has 5 atom stereocenters. The van der Waals surface area contributed by atoms with E-state index in [0.29, 0.717) is 17.3 Å². The summed E-state index contributed by atoms with van der Waals surface area (Å²) < 4.78 is 0. The van der Waals surface area contributed by atoms with Crippen LogP contribution in [0.15, 0.2) is 23.4 Å². The summed E-state index contributed by atoms with van der Waals surface area (Å²) in [6.45, 7) is 10.5. The van der Waals surface area contributed by atoms with Crippen LogP contribution in [0.2, 0.25) is 0 Å². The summed E-state index contributed by atoms with van der Waals surface area (Å²) in [6, 6.07) is 0. The average molecular weight is 371 g/mol. The first kappa shape index (κ1) is 18.8. The first-order chi connectivity index (χ1) is 12.5. The van der Waals surface area contributed by atoms with Crippen LogP contribution < -0.4 is 10.6 Å². The maximum Gasteiger partial charge on any atom is 0.260 e. The van der Waals surface area contributed by atoms with Gasteiger partial charge < -0.3 is 10.6 Å². The fourth-order valence-electron chi connectivity index (χ4n) is 6.53. The fraction of sp³-hybridized carbons (Fsp3) is 0.739. The third-order valence-electron chi connectivity index (χ3n) is 7.83. The molecule has 0 spiro atoms. The van der Waals surface area contributed by atoms with Crippen LogP contribution >= 0.6 is 0 Å². The minimum absolute atomic E-state index is 0.245. The van der Waals surface area contributed by atoms with Crippen LogP contribution in [0.4, 0.5) is 0 Å². The third-order valence-corrected chi connectivity index (χ3v) is 7.83. The van der Waals surface area contributed by atoms with Crippen molar-refractivity contribution in [2.24, 2.45) is 28.6 Å². The van der Waals surface area contributed by atoms with Crippen molar-refractivity contribution in [3.63, 3.8) is 0 Å². The van der Waals surface area contributed by atoms with Crippen molar-refractivity contribution in [2.45, 2.75) is 78.7 Å². The quantitative estimate of drug-likeness (QED) is 0.683. The Bertz CT molecular complexity index is 744. The third kappa shape index (κ3) is 2.96. The zero-order valence-corrected chi connectivity index (χ0v) is 17.4. The first-order valence-corrected chi connectivity index (χ1v) is 10.6. The van der Waals surface area contributed by atoms with Gasteiger partial charge in [0.2, 0.25) is 0 Å². The number of nitrogens with one attached hydrogen (secondary N) is 2. The molecule has 0 saturated heterocycles. The van der Waals surface area contributed by atoms with Gasteiger partial charge in [-0.2, -0.15) is 0 Å². The summed E-state index contributed by atoms with van der Waals surface area (Å²) in [5.41, 5.74) is 1.19. The largest absolute Gasteiger partial charge is 0.347 e. The van der Waals surface area contributed by atoms with E-state index in [-0.39, 0.29) is 28.3 Å². The number of rotatable bonds is 1. The number of hydrogen-bond acceptors (Lipinski definition) is 2. The lowest BCUT2D eigenvalue weighted by Gasteiger charge is -2.55. The Hall–Kier alpha value is -1.58. The van der Waals surface area contributed by atoms with Crippen LogP contribution in [0, 0.1) is 28.6 Å². The lowest BCUT2D eigenvalue weighted by Crippen LogP contribution is -2.53. The van der Waals surface area contributed by atoms with E-state index >= 15 is 0 Å². The highest BCUT2D eigenvalue weighted by Gasteiger charge is 2.56. The Labute approximate surface area is 163 Å². The molecule has 1 aliphatic heterocycles. The maximum atomic E-state index is 12.8. The van der Waals surface area contributed by atoms with E-state index in [1.807, 2.05) is 26.8 Å². The summed E-state index contributed by atoms with van der Waals surface area (Å²) in [6.07, 6.45) is 11.8. The molecule has 0 aromatic rings. The van der Waals surface area contributed by atoms with Crippen LogP contribution in [0.1, 0.15) is 73.1 Å². The molecule has 1 heterocycles. The summed E-state index contributed by atoms with van der Waals surface area (Å²) in [5, 5.41) is 6.03. The highest BCUT2D eigenvalue weighted by atomic mass is 16.2. The Balaban J connectivity index is 1.69. The van der Waals surface area contributed by atoms with Crippen LogP contribution in [-0.4, -0.2) is 17.4 Å². The molecule has 0 unspecified atom stereocenters. The van der Waals surface area contributed by atoms with Gasteiger partial charge in [-0.05, 0) is 76.0 Å². The summed E-state index contributed by atoms with van der Waals surface area (Å²) in [7, 11) is 0. The topological polar surface area (TPSA) is 58.2 Å². The van der Waals surface area contributed by atoms with Crippen LogP contribution in [0.25, 0.3) is 0 Å². The molecule has 4 nitrogen and oxygen atoms in total. The van der Waals surface area contributed by atoms with Crippen molar-refractivity contribution >= 4 is 11.8 Å². The molecule has 0 radical (unpaired) electrons. The van der Waals surface area contributed by atoms with Gasteiger partial charge in [0.15, 0.2) is 0 Å². The van der Waals surface area contributed by atoms with Crippen molar-refractivity contribution in [1.29, 1.82) is 0 Å². The molecule has 27 heavy (non-hydrogen) atoms. The van der Waals surface area contributed by atoms with Crippen LogP contribution in [-0.2, 0) is 9.59 Å². The zero-order chi connectivity index (χ0) is 19.6. The zero-order valence-electron chi connectivity index (χ0n) is 17.4. The van der Waals surface area contributed by atoms with Crippen molar-refractivity contribution in [3.05, 3.63) is 23.4 Å². The second-order valence-electron chi connectivity index (χ2n) is 10.8. The minimum atomic E-state index is -0.360. The van der Waals surface area contributed by atoms with Gasteiger partial charge >= 0.3 is 0 Å². The van der Waals surface area contributed by atoms with Gasteiger partial charge in [-0.1, -0.05) is 32.4 Å². The van der Waals surface area contributed by atoms with Crippen molar-refractivity contribution in [2.75, 3.05) is 0 Å². The molecule has 0 bridgehead atoms. The second kappa shape index (κ2) is 5.96. The summed E-state index contributed by atoms with van der Waals surface area (Å²) in [5.74, 6) is 1.43.